The summed E-state index contributed by atoms with van der Waals surface area (Å²) < 4.78 is 12.6. The van der Waals surface area contributed by atoms with Crippen molar-refractivity contribution in [3.63, 3.8) is 0 Å². The Kier molecular flexibility index (Phi) is 5.72. The molecule has 29 heavy (non-hydrogen) atoms. The summed E-state index contributed by atoms with van der Waals surface area (Å²) in [5.41, 5.74) is 7.19. The largest absolute Gasteiger partial charge is 0.493 e. The van der Waals surface area contributed by atoms with E-state index >= 15 is 0 Å². The van der Waals surface area contributed by atoms with E-state index in [0.717, 1.165) is 26.5 Å². The molecular weight excluding hydrogens is 382 g/mol. The fourth-order valence-electron chi connectivity index (χ4n) is 2.93. The maximum absolute atomic E-state index is 5.94. The van der Waals surface area contributed by atoms with Crippen molar-refractivity contribution in [3.8, 4) is 11.5 Å². The van der Waals surface area contributed by atoms with E-state index in [-0.39, 0.29) is 0 Å². The number of nitrogens with one attached hydrogen (secondary N) is 1. The predicted molar refractivity (Wildman–Crippen MR) is 119 cm³/mol. The highest BCUT2D eigenvalue weighted by Gasteiger charge is 2.06. The third-order valence-electron chi connectivity index (χ3n) is 4.33. The number of para-hydroxylation sites is 1. The molecular formula is C23H21N3O2S. The van der Waals surface area contributed by atoms with Gasteiger partial charge in [-0.05, 0) is 48.4 Å². The number of aryl methyl sites for hydroxylation is 1. The Hall–Kier alpha value is -3.38. The molecule has 0 aliphatic heterocycles. The van der Waals surface area contributed by atoms with Crippen LogP contribution in [0.1, 0.15) is 16.7 Å². The summed E-state index contributed by atoms with van der Waals surface area (Å²) in [6, 6.07) is 22.0. The molecule has 1 aromatic heterocycles. The molecule has 4 rings (SSSR count). The first kappa shape index (κ1) is 19.0. The molecule has 5 nitrogen and oxygen atoms in total. The second kappa shape index (κ2) is 8.75. The number of aromatic nitrogens is 1. The van der Waals surface area contributed by atoms with Gasteiger partial charge in [-0.15, -0.1) is 0 Å². The molecule has 0 bridgehead atoms. The summed E-state index contributed by atoms with van der Waals surface area (Å²) in [5.74, 6) is 1.37. The van der Waals surface area contributed by atoms with Crippen molar-refractivity contribution in [1.82, 2.24) is 4.98 Å². The average Bonchev–Trinajstić information content (AvgIpc) is 3.15. The lowest BCUT2D eigenvalue weighted by Gasteiger charge is -2.11. The minimum Gasteiger partial charge on any atom is -0.493 e. The van der Waals surface area contributed by atoms with Gasteiger partial charge in [-0.3, -0.25) is 5.43 Å². The summed E-state index contributed by atoms with van der Waals surface area (Å²) in [4.78, 5) is 4.50. The first-order valence-electron chi connectivity index (χ1n) is 9.22. The molecule has 146 valence electrons. The van der Waals surface area contributed by atoms with Crippen molar-refractivity contribution in [1.29, 1.82) is 0 Å². The molecule has 0 unspecified atom stereocenters. The van der Waals surface area contributed by atoms with E-state index in [4.69, 9.17) is 9.47 Å². The lowest BCUT2D eigenvalue weighted by molar-refractivity contribution is 0.284. The highest BCUT2D eigenvalue weighted by atomic mass is 32.1. The fraction of sp³-hybridized carbons (Fsp3) is 0.130. The number of rotatable bonds is 7. The molecule has 0 amide bonds. The van der Waals surface area contributed by atoms with Crippen LogP contribution in [0.15, 0.2) is 71.8 Å². The van der Waals surface area contributed by atoms with E-state index in [1.54, 1.807) is 24.7 Å². The molecule has 0 aliphatic rings. The van der Waals surface area contributed by atoms with E-state index in [9.17, 15) is 0 Å². The van der Waals surface area contributed by atoms with Crippen LogP contribution >= 0.6 is 11.3 Å². The molecule has 0 saturated heterocycles. The van der Waals surface area contributed by atoms with Crippen molar-refractivity contribution in [2.75, 3.05) is 12.5 Å². The Labute approximate surface area is 173 Å². The van der Waals surface area contributed by atoms with Crippen molar-refractivity contribution in [3.05, 3.63) is 83.4 Å². The number of thiazole rings is 1. The van der Waals surface area contributed by atoms with E-state index in [2.05, 4.69) is 34.6 Å². The third kappa shape index (κ3) is 4.73. The topological polar surface area (TPSA) is 55.7 Å². The van der Waals surface area contributed by atoms with E-state index in [1.807, 2.05) is 54.6 Å². The van der Waals surface area contributed by atoms with E-state index < -0.39 is 0 Å². The molecule has 1 N–H and O–H groups in total. The SMILES string of the molecule is COc1cc(/C=N\Nc2nc3ccccc3s2)ccc1OCc1cccc(C)c1. The minimum atomic E-state index is 0.491. The molecule has 0 fully saturated rings. The van der Waals surface area contributed by atoms with Gasteiger partial charge in [0.15, 0.2) is 11.5 Å². The van der Waals surface area contributed by atoms with Crippen LogP contribution in [-0.2, 0) is 6.61 Å². The van der Waals surface area contributed by atoms with Crippen LogP contribution in [0.4, 0.5) is 5.13 Å². The predicted octanol–water partition coefficient (Wildman–Crippen LogP) is 5.64. The van der Waals surface area contributed by atoms with Gasteiger partial charge in [0, 0.05) is 0 Å². The van der Waals surface area contributed by atoms with Crippen LogP contribution in [-0.4, -0.2) is 18.3 Å². The number of methoxy groups -OCH3 is 1. The van der Waals surface area contributed by atoms with Crippen LogP contribution in [0.3, 0.4) is 0 Å². The van der Waals surface area contributed by atoms with Crippen LogP contribution in [0.5, 0.6) is 11.5 Å². The minimum absolute atomic E-state index is 0.491. The van der Waals surface area contributed by atoms with Crippen molar-refractivity contribution < 1.29 is 9.47 Å². The Balaban J connectivity index is 1.42. The number of benzene rings is 3. The number of ether oxygens (including phenoxy) is 2. The van der Waals surface area contributed by atoms with Crippen LogP contribution in [0, 0.1) is 6.92 Å². The lowest BCUT2D eigenvalue weighted by atomic mass is 10.1. The number of fused-ring (bicyclic) bond motifs is 1. The van der Waals surface area contributed by atoms with Gasteiger partial charge in [0.1, 0.15) is 6.61 Å². The molecule has 0 radical (unpaired) electrons. The number of nitrogens with zero attached hydrogens (tertiary/aromatic N) is 2. The fourth-order valence-corrected chi connectivity index (χ4v) is 3.74. The Morgan fingerprint density at radius 1 is 1.03 bits per heavy atom. The maximum atomic E-state index is 5.94. The third-order valence-corrected chi connectivity index (χ3v) is 5.27. The summed E-state index contributed by atoms with van der Waals surface area (Å²) in [5, 5.41) is 5.05. The van der Waals surface area contributed by atoms with Gasteiger partial charge in [-0.25, -0.2) is 4.98 Å². The monoisotopic (exact) mass is 403 g/mol. The Morgan fingerprint density at radius 2 is 1.93 bits per heavy atom. The lowest BCUT2D eigenvalue weighted by Crippen LogP contribution is -1.99. The second-order valence-corrected chi connectivity index (χ2v) is 7.58. The van der Waals surface area contributed by atoms with Crippen molar-refractivity contribution >= 4 is 32.9 Å². The zero-order chi connectivity index (χ0) is 20.1. The maximum Gasteiger partial charge on any atom is 0.204 e. The smallest absolute Gasteiger partial charge is 0.204 e. The quantitative estimate of drug-likeness (QED) is 0.321. The number of hydrogen-bond donors (Lipinski definition) is 1. The van der Waals surface area contributed by atoms with Gasteiger partial charge in [0.2, 0.25) is 5.13 Å². The first-order chi connectivity index (χ1) is 14.2. The van der Waals surface area contributed by atoms with E-state index in [0.29, 0.717) is 18.1 Å². The molecule has 4 aromatic rings. The van der Waals surface area contributed by atoms with Crippen LogP contribution in [0.2, 0.25) is 0 Å². The zero-order valence-corrected chi connectivity index (χ0v) is 17.1. The van der Waals surface area contributed by atoms with Crippen LogP contribution < -0.4 is 14.9 Å². The average molecular weight is 404 g/mol. The second-order valence-electron chi connectivity index (χ2n) is 6.54. The number of hydrazone groups is 1. The van der Waals surface area contributed by atoms with Gasteiger partial charge < -0.3 is 9.47 Å². The molecule has 6 heteroatoms. The summed E-state index contributed by atoms with van der Waals surface area (Å²) >= 11 is 1.57. The van der Waals surface area contributed by atoms with Gasteiger partial charge in [0.05, 0.1) is 23.5 Å². The van der Waals surface area contributed by atoms with Gasteiger partial charge in [0.25, 0.3) is 0 Å². The number of anilines is 1. The first-order valence-corrected chi connectivity index (χ1v) is 10.0. The Morgan fingerprint density at radius 3 is 2.76 bits per heavy atom. The van der Waals surface area contributed by atoms with Gasteiger partial charge >= 0.3 is 0 Å². The van der Waals surface area contributed by atoms with Crippen molar-refractivity contribution in [2.45, 2.75) is 13.5 Å². The van der Waals surface area contributed by atoms with Gasteiger partial charge in [-0.2, -0.15) is 5.10 Å². The highest BCUT2D eigenvalue weighted by Crippen LogP contribution is 2.29. The van der Waals surface area contributed by atoms with Gasteiger partial charge in [-0.1, -0.05) is 53.3 Å². The molecule has 0 atom stereocenters. The Bertz CT molecular complexity index is 1120. The molecule has 3 aromatic carbocycles. The normalized spacial score (nSPS) is 11.1. The summed E-state index contributed by atoms with van der Waals surface area (Å²) in [7, 11) is 1.63. The standard InChI is InChI=1S/C23H21N3O2S/c1-16-6-5-7-18(12-16)15-28-20-11-10-17(13-21(20)27-2)14-24-26-23-25-19-8-3-4-9-22(19)29-23/h3-14H,15H2,1-2H3,(H,25,26)/b24-14-. The molecule has 0 aliphatic carbocycles. The van der Waals surface area contributed by atoms with Crippen molar-refractivity contribution in [2.24, 2.45) is 5.10 Å². The molecule has 0 saturated carbocycles. The highest BCUT2D eigenvalue weighted by molar-refractivity contribution is 7.22. The van der Waals surface area contributed by atoms with Crippen LogP contribution in [0.25, 0.3) is 10.2 Å². The summed E-state index contributed by atoms with van der Waals surface area (Å²) in [6.45, 7) is 2.56. The molecule has 0 spiro atoms. The number of hydrogen-bond acceptors (Lipinski definition) is 6. The zero-order valence-electron chi connectivity index (χ0n) is 16.3. The summed E-state index contributed by atoms with van der Waals surface area (Å²) in [6.07, 6.45) is 1.74. The van der Waals surface area contributed by atoms with E-state index in [1.165, 1.54) is 5.56 Å². The molecule has 1 heterocycles.